The highest BCUT2D eigenvalue weighted by atomic mass is 79.9. The van der Waals surface area contributed by atoms with E-state index in [0.717, 1.165) is 4.47 Å². The molecule has 0 aliphatic carbocycles. The van der Waals surface area contributed by atoms with E-state index in [2.05, 4.69) is 15.9 Å². The van der Waals surface area contributed by atoms with Crippen LogP contribution in [0.15, 0.2) is 22.7 Å². The lowest BCUT2D eigenvalue weighted by Gasteiger charge is -2.13. The Morgan fingerprint density at radius 1 is 1.67 bits per heavy atom. The minimum atomic E-state index is -0.686. The Morgan fingerprint density at radius 3 is 2.87 bits per heavy atom. The van der Waals surface area contributed by atoms with Crippen molar-refractivity contribution in [1.82, 2.24) is 5.43 Å². The van der Waals surface area contributed by atoms with Crippen LogP contribution in [-0.4, -0.2) is 12.0 Å². The maximum Gasteiger partial charge on any atom is 0.274 e. The van der Waals surface area contributed by atoms with Gasteiger partial charge >= 0.3 is 0 Å². The van der Waals surface area contributed by atoms with E-state index in [1.54, 1.807) is 25.1 Å². The SMILES string of the molecule is C[C@H](Oc1ccc(Br)cc1Cl)C(=O)NN. The van der Waals surface area contributed by atoms with Gasteiger partial charge in [-0.05, 0) is 25.1 Å². The highest BCUT2D eigenvalue weighted by molar-refractivity contribution is 9.10. The number of hydrogen-bond acceptors (Lipinski definition) is 3. The molecule has 0 aliphatic heterocycles. The molecule has 0 unspecified atom stereocenters. The van der Waals surface area contributed by atoms with Crippen molar-refractivity contribution in [1.29, 1.82) is 0 Å². The third-order valence-corrected chi connectivity index (χ3v) is 2.50. The van der Waals surface area contributed by atoms with E-state index in [9.17, 15) is 4.79 Å². The molecule has 1 atom stereocenters. The minimum Gasteiger partial charge on any atom is -0.479 e. The van der Waals surface area contributed by atoms with Crippen molar-refractivity contribution >= 4 is 33.4 Å². The average molecular weight is 294 g/mol. The first kappa shape index (κ1) is 12.3. The number of halogens is 2. The molecule has 0 saturated heterocycles. The molecule has 0 saturated carbocycles. The molecule has 1 rings (SSSR count). The van der Waals surface area contributed by atoms with Crippen LogP contribution in [0, 0.1) is 0 Å². The number of benzene rings is 1. The number of nitrogens with two attached hydrogens (primary N) is 1. The number of carbonyl (C=O) groups is 1. The number of rotatable bonds is 3. The van der Waals surface area contributed by atoms with Gasteiger partial charge in [-0.3, -0.25) is 10.2 Å². The Balaban J connectivity index is 2.76. The van der Waals surface area contributed by atoms with Crippen LogP contribution in [0.4, 0.5) is 0 Å². The number of amides is 1. The van der Waals surface area contributed by atoms with Crippen LogP contribution in [0.3, 0.4) is 0 Å². The molecule has 0 fully saturated rings. The molecule has 1 aromatic rings. The van der Waals surface area contributed by atoms with Crippen LogP contribution in [0.2, 0.25) is 5.02 Å². The van der Waals surface area contributed by atoms with Crippen LogP contribution in [0.5, 0.6) is 5.75 Å². The van der Waals surface area contributed by atoms with Crippen molar-refractivity contribution in [3.8, 4) is 5.75 Å². The van der Waals surface area contributed by atoms with Gasteiger partial charge in [0.1, 0.15) is 5.75 Å². The second kappa shape index (κ2) is 5.34. The largest absolute Gasteiger partial charge is 0.479 e. The zero-order valence-electron chi connectivity index (χ0n) is 7.96. The van der Waals surface area contributed by atoms with Gasteiger partial charge in [-0.1, -0.05) is 27.5 Å². The Labute approximate surface area is 101 Å². The number of nitrogens with one attached hydrogen (secondary N) is 1. The third-order valence-electron chi connectivity index (χ3n) is 1.71. The molecule has 1 aromatic carbocycles. The van der Waals surface area contributed by atoms with Crippen molar-refractivity contribution in [2.24, 2.45) is 5.84 Å². The van der Waals surface area contributed by atoms with Crippen LogP contribution in [0.1, 0.15) is 6.92 Å². The second-order valence-electron chi connectivity index (χ2n) is 2.84. The highest BCUT2D eigenvalue weighted by Gasteiger charge is 2.14. The normalized spacial score (nSPS) is 12.0. The van der Waals surface area contributed by atoms with Crippen LogP contribution in [0.25, 0.3) is 0 Å². The Hall–Kier alpha value is -0.780. The number of hydrogen-bond donors (Lipinski definition) is 2. The molecule has 15 heavy (non-hydrogen) atoms. The Bertz CT molecular complexity index is 373. The van der Waals surface area contributed by atoms with Crippen LogP contribution < -0.4 is 16.0 Å². The van der Waals surface area contributed by atoms with Crippen LogP contribution >= 0.6 is 27.5 Å². The Kier molecular flexibility index (Phi) is 4.38. The van der Waals surface area contributed by atoms with E-state index in [-0.39, 0.29) is 0 Å². The summed E-state index contributed by atoms with van der Waals surface area (Å²) in [6.45, 7) is 1.58. The molecule has 0 aromatic heterocycles. The van der Waals surface area contributed by atoms with E-state index in [1.165, 1.54) is 0 Å². The first-order valence-corrected chi connectivity index (χ1v) is 5.34. The molecule has 0 heterocycles. The smallest absolute Gasteiger partial charge is 0.274 e. The van der Waals surface area contributed by atoms with E-state index in [4.69, 9.17) is 22.2 Å². The summed E-state index contributed by atoms with van der Waals surface area (Å²) in [7, 11) is 0. The minimum absolute atomic E-state index is 0.408. The summed E-state index contributed by atoms with van der Waals surface area (Å²) in [5.74, 6) is 5.00. The topological polar surface area (TPSA) is 64.3 Å². The summed E-state index contributed by atoms with van der Waals surface area (Å²) in [5.41, 5.74) is 2.00. The quantitative estimate of drug-likeness (QED) is 0.508. The summed E-state index contributed by atoms with van der Waals surface area (Å²) in [6, 6.07) is 5.13. The van der Waals surface area contributed by atoms with Crippen molar-refractivity contribution < 1.29 is 9.53 Å². The van der Waals surface area contributed by atoms with E-state index >= 15 is 0 Å². The molecular formula is C9H10BrClN2O2. The van der Waals surface area contributed by atoms with Gasteiger partial charge in [0.15, 0.2) is 6.10 Å². The van der Waals surface area contributed by atoms with Gasteiger partial charge in [0, 0.05) is 4.47 Å². The fraction of sp³-hybridized carbons (Fsp3) is 0.222. The molecule has 4 nitrogen and oxygen atoms in total. The number of ether oxygens (including phenoxy) is 1. The maximum absolute atomic E-state index is 11.1. The Morgan fingerprint density at radius 2 is 2.33 bits per heavy atom. The van der Waals surface area contributed by atoms with E-state index in [0.29, 0.717) is 10.8 Å². The first-order valence-electron chi connectivity index (χ1n) is 4.16. The highest BCUT2D eigenvalue weighted by Crippen LogP contribution is 2.28. The predicted molar refractivity (Wildman–Crippen MR) is 61.6 cm³/mol. The van der Waals surface area contributed by atoms with Gasteiger partial charge in [0.05, 0.1) is 5.02 Å². The molecule has 6 heteroatoms. The van der Waals surface area contributed by atoms with E-state index < -0.39 is 12.0 Å². The summed E-state index contributed by atoms with van der Waals surface area (Å²) < 4.78 is 6.15. The molecule has 3 N–H and O–H groups in total. The third kappa shape index (κ3) is 3.37. The first-order chi connectivity index (χ1) is 7.04. The molecule has 0 spiro atoms. The van der Waals surface area contributed by atoms with Crippen molar-refractivity contribution in [2.75, 3.05) is 0 Å². The van der Waals surface area contributed by atoms with Gasteiger partial charge in [0.25, 0.3) is 5.91 Å². The number of hydrazine groups is 1. The summed E-state index contributed by atoms with van der Waals surface area (Å²) >= 11 is 9.17. The lowest BCUT2D eigenvalue weighted by molar-refractivity contribution is -0.127. The van der Waals surface area contributed by atoms with Gasteiger partial charge in [-0.2, -0.15) is 0 Å². The molecule has 0 aliphatic rings. The van der Waals surface area contributed by atoms with Gasteiger partial charge in [-0.15, -0.1) is 0 Å². The zero-order valence-corrected chi connectivity index (χ0v) is 10.3. The fourth-order valence-electron chi connectivity index (χ4n) is 0.932. The zero-order chi connectivity index (χ0) is 11.4. The summed E-state index contributed by atoms with van der Waals surface area (Å²) in [5, 5.41) is 0.432. The molecule has 1 amide bonds. The lowest BCUT2D eigenvalue weighted by atomic mass is 10.3. The van der Waals surface area contributed by atoms with Gasteiger partial charge in [0.2, 0.25) is 0 Å². The summed E-state index contributed by atoms with van der Waals surface area (Å²) in [4.78, 5) is 11.1. The molecule has 0 radical (unpaired) electrons. The monoisotopic (exact) mass is 292 g/mol. The fourth-order valence-corrected chi connectivity index (χ4v) is 1.65. The second-order valence-corrected chi connectivity index (χ2v) is 4.17. The summed E-state index contributed by atoms with van der Waals surface area (Å²) in [6.07, 6.45) is -0.686. The number of carbonyl (C=O) groups excluding carboxylic acids is 1. The van der Waals surface area contributed by atoms with Crippen molar-refractivity contribution in [2.45, 2.75) is 13.0 Å². The molecule has 0 bridgehead atoms. The standard InChI is InChI=1S/C9H10BrClN2O2/c1-5(9(14)13-12)15-8-3-2-6(10)4-7(8)11/h2-5H,12H2,1H3,(H,13,14)/t5-/m0/s1. The molecular weight excluding hydrogens is 283 g/mol. The van der Waals surface area contributed by atoms with Crippen LogP contribution in [-0.2, 0) is 4.79 Å². The van der Waals surface area contributed by atoms with E-state index in [1.807, 2.05) is 5.43 Å². The lowest BCUT2D eigenvalue weighted by Crippen LogP contribution is -2.40. The van der Waals surface area contributed by atoms with Gasteiger partial charge in [-0.25, -0.2) is 5.84 Å². The van der Waals surface area contributed by atoms with Crippen molar-refractivity contribution in [3.05, 3.63) is 27.7 Å². The van der Waals surface area contributed by atoms with Gasteiger partial charge < -0.3 is 4.74 Å². The predicted octanol–water partition coefficient (Wildman–Crippen LogP) is 1.86. The average Bonchev–Trinajstić information content (AvgIpc) is 2.20. The molecule has 82 valence electrons. The maximum atomic E-state index is 11.1. The van der Waals surface area contributed by atoms with Crippen molar-refractivity contribution in [3.63, 3.8) is 0 Å².